The standard InChI is InChI=1S/C20H32N6O/c1-20(2,3)19-22-17(15-27-5)11-18(23-19)26-8-6-7-25(9-10-26)14-16-12-21-24(4)13-16/h11-13H,6-10,14-15H2,1-5H3. The van der Waals surface area contributed by atoms with Crippen LogP contribution in [0.1, 0.15) is 44.3 Å². The SMILES string of the molecule is COCc1cc(N2CCCN(Cc3cnn(C)c3)CC2)nc(C(C)(C)C)n1. The summed E-state index contributed by atoms with van der Waals surface area (Å²) in [6.07, 6.45) is 5.17. The maximum absolute atomic E-state index is 5.32. The van der Waals surface area contributed by atoms with Gasteiger partial charge in [-0.2, -0.15) is 5.10 Å². The van der Waals surface area contributed by atoms with Crippen LogP contribution in [0.15, 0.2) is 18.5 Å². The second-order valence-corrected chi connectivity index (χ2v) is 8.36. The van der Waals surface area contributed by atoms with Crippen LogP contribution in [0.3, 0.4) is 0 Å². The minimum atomic E-state index is -0.0866. The summed E-state index contributed by atoms with van der Waals surface area (Å²) in [4.78, 5) is 14.5. The Balaban J connectivity index is 1.73. The van der Waals surface area contributed by atoms with Gasteiger partial charge >= 0.3 is 0 Å². The number of hydrogen-bond acceptors (Lipinski definition) is 6. The summed E-state index contributed by atoms with van der Waals surface area (Å²) in [7, 11) is 3.67. The van der Waals surface area contributed by atoms with Gasteiger partial charge in [0.25, 0.3) is 0 Å². The minimum Gasteiger partial charge on any atom is -0.378 e. The maximum Gasteiger partial charge on any atom is 0.136 e. The molecule has 0 radical (unpaired) electrons. The summed E-state index contributed by atoms with van der Waals surface area (Å²) in [5, 5.41) is 4.28. The number of methoxy groups -OCH3 is 1. The van der Waals surface area contributed by atoms with Gasteiger partial charge in [0.1, 0.15) is 11.6 Å². The Kier molecular flexibility index (Phi) is 6.11. The second kappa shape index (κ2) is 8.35. The van der Waals surface area contributed by atoms with E-state index in [0.717, 1.165) is 56.5 Å². The van der Waals surface area contributed by atoms with Crippen molar-refractivity contribution in [3.63, 3.8) is 0 Å². The average molecular weight is 373 g/mol. The van der Waals surface area contributed by atoms with Crippen LogP contribution < -0.4 is 4.90 Å². The lowest BCUT2D eigenvalue weighted by Crippen LogP contribution is -2.31. The van der Waals surface area contributed by atoms with Gasteiger partial charge in [0, 0.05) is 70.1 Å². The van der Waals surface area contributed by atoms with Crippen LogP contribution in [0.5, 0.6) is 0 Å². The van der Waals surface area contributed by atoms with Gasteiger partial charge in [-0.3, -0.25) is 9.58 Å². The van der Waals surface area contributed by atoms with Crippen LogP contribution in [0.4, 0.5) is 5.82 Å². The molecule has 0 amide bonds. The molecule has 1 aliphatic heterocycles. The number of hydrogen-bond donors (Lipinski definition) is 0. The quantitative estimate of drug-likeness (QED) is 0.803. The Labute approximate surface area is 162 Å². The molecular formula is C20H32N6O. The molecule has 148 valence electrons. The number of nitrogens with zero attached hydrogens (tertiary/aromatic N) is 6. The lowest BCUT2D eigenvalue weighted by molar-refractivity contribution is 0.181. The Morgan fingerprint density at radius 1 is 1.11 bits per heavy atom. The molecule has 0 saturated carbocycles. The normalized spacial score (nSPS) is 16.6. The molecule has 0 aliphatic carbocycles. The minimum absolute atomic E-state index is 0.0866. The predicted octanol–water partition coefficient (Wildman–Crippen LogP) is 2.37. The highest BCUT2D eigenvalue weighted by Crippen LogP contribution is 2.23. The van der Waals surface area contributed by atoms with E-state index in [0.29, 0.717) is 6.61 Å². The van der Waals surface area contributed by atoms with Gasteiger partial charge in [-0.15, -0.1) is 0 Å². The highest BCUT2D eigenvalue weighted by Gasteiger charge is 2.22. The third-order valence-electron chi connectivity index (χ3n) is 4.81. The van der Waals surface area contributed by atoms with E-state index in [-0.39, 0.29) is 5.41 Å². The van der Waals surface area contributed by atoms with Crippen LogP contribution in [0, 0.1) is 0 Å². The van der Waals surface area contributed by atoms with Gasteiger partial charge in [0.05, 0.1) is 18.5 Å². The Bertz CT molecular complexity index is 751. The van der Waals surface area contributed by atoms with E-state index < -0.39 is 0 Å². The van der Waals surface area contributed by atoms with Crippen molar-refractivity contribution in [3.8, 4) is 0 Å². The predicted molar refractivity (Wildman–Crippen MR) is 107 cm³/mol. The summed E-state index contributed by atoms with van der Waals surface area (Å²) in [6, 6.07) is 2.08. The fourth-order valence-electron chi connectivity index (χ4n) is 3.37. The molecule has 2 aromatic heterocycles. The zero-order valence-corrected chi connectivity index (χ0v) is 17.3. The first-order valence-corrected chi connectivity index (χ1v) is 9.67. The van der Waals surface area contributed by atoms with Crippen molar-refractivity contribution < 1.29 is 4.74 Å². The van der Waals surface area contributed by atoms with Gasteiger partial charge in [-0.05, 0) is 6.42 Å². The van der Waals surface area contributed by atoms with Crippen LogP contribution in [0.25, 0.3) is 0 Å². The van der Waals surface area contributed by atoms with Gasteiger partial charge < -0.3 is 9.64 Å². The van der Waals surface area contributed by atoms with E-state index in [4.69, 9.17) is 14.7 Å². The lowest BCUT2D eigenvalue weighted by Gasteiger charge is -2.25. The third kappa shape index (κ3) is 5.26. The number of aromatic nitrogens is 4. The van der Waals surface area contributed by atoms with E-state index in [1.54, 1.807) is 7.11 Å². The van der Waals surface area contributed by atoms with E-state index in [2.05, 4.69) is 47.9 Å². The molecule has 0 unspecified atom stereocenters. The third-order valence-corrected chi connectivity index (χ3v) is 4.81. The summed E-state index contributed by atoms with van der Waals surface area (Å²) in [5.74, 6) is 1.90. The first-order chi connectivity index (χ1) is 12.8. The Hall–Kier alpha value is -1.99. The molecule has 0 bridgehead atoms. The van der Waals surface area contributed by atoms with Crippen molar-refractivity contribution in [3.05, 3.63) is 35.5 Å². The smallest absolute Gasteiger partial charge is 0.136 e. The van der Waals surface area contributed by atoms with Crippen LogP contribution >= 0.6 is 0 Å². The van der Waals surface area contributed by atoms with Gasteiger partial charge in [-0.25, -0.2) is 9.97 Å². The summed E-state index contributed by atoms with van der Waals surface area (Å²) < 4.78 is 7.19. The molecule has 0 spiro atoms. The molecule has 3 rings (SSSR count). The molecule has 1 aliphatic rings. The van der Waals surface area contributed by atoms with E-state index in [1.165, 1.54) is 5.56 Å². The first-order valence-electron chi connectivity index (χ1n) is 9.67. The van der Waals surface area contributed by atoms with Crippen molar-refractivity contribution in [2.24, 2.45) is 7.05 Å². The monoisotopic (exact) mass is 372 g/mol. The van der Waals surface area contributed by atoms with Crippen LogP contribution in [-0.2, 0) is 30.4 Å². The molecule has 0 N–H and O–H groups in total. The summed E-state index contributed by atoms with van der Waals surface area (Å²) >= 11 is 0. The van der Waals surface area contributed by atoms with Crippen molar-refractivity contribution >= 4 is 5.82 Å². The van der Waals surface area contributed by atoms with Crippen LogP contribution in [0.2, 0.25) is 0 Å². The Morgan fingerprint density at radius 2 is 1.93 bits per heavy atom. The zero-order chi connectivity index (χ0) is 19.4. The first kappa shape index (κ1) is 19.8. The van der Waals surface area contributed by atoms with Gasteiger partial charge in [-0.1, -0.05) is 20.8 Å². The average Bonchev–Trinajstić information content (AvgIpc) is 2.87. The van der Waals surface area contributed by atoms with Gasteiger partial charge in [0.2, 0.25) is 0 Å². The second-order valence-electron chi connectivity index (χ2n) is 8.36. The number of rotatable bonds is 5. The maximum atomic E-state index is 5.32. The number of aryl methyl sites for hydroxylation is 1. The summed E-state index contributed by atoms with van der Waals surface area (Å²) in [6.45, 7) is 12.0. The van der Waals surface area contributed by atoms with Crippen molar-refractivity contribution in [2.45, 2.75) is 45.8 Å². The van der Waals surface area contributed by atoms with Crippen molar-refractivity contribution in [1.82, 2.24) is 24.6 Å². The van der Waals surface area contributed by atoms with Crippen molar-refractivity contribution in [2.75, 3.05) is 38.2 Å². The zero-order valence-electron chi connectivity index (χ0n) is 17.3. The summed E-state index contributed by atoms with van der Waals surface area (Å²) in [5.41, 5.74) is 2.13. The molecular weight excluding hydrogens is 340 g/mol. The lowest BCUT2D eigenvalue weighted by atomic mass is 9.95. The molecule has 3 heterocycles. The molecule has 2 aromatic rings. The fraction of sp³-hybridized carbons (Fsp3) is 0.650. The Morgan fingerprint density at radius 3 is 2.59 bits per heavy atom. The van der Waals surface area contributed by atoms with E-state index in [9.17, 15) is 0 Å². The highest BCUT2D eigenvalue weighted by molar-refractivity contribution is 5.41. The molecule has 7 nitrogen and oxygen atoms in total. The highest BCUT2D eigenvalue weighted by atomic mass is 16.5. The molecule has 0 aromatic carbocycles. The molecule has 1 saturated heterocycles. The number of anilines is 1. The van der Waals surface area contributed by atoms with E-state index in [1.807, 2.05) is 17.9 Å². The van der Waals surface area contributed by atoms with Crippen LogP contribution in [-0.4, -0.2) is 57.9 Å². The molecule has 7 heteroatoms. The van der Waals surface area contributed by atoms with Crippen molar-refractivity contribution in [1.29, 1.82) is 0 Å². The molecule has 1 fully saturated rings. The fourth-order valence-corrected chi connectivity index (χ4v) is 3.37. The largest absolute Gasteiger partial charge is 0.378 e. The van der Waals surface area contributed by atoms with E-state index >= 15 is 0 Å². The number of ether oxygens (including phenoxy) is 1. The molecule has 0 atom stereocenters. The van der Waals surface area contributed by atoms with Gasteiger partial charge in [0.15, 0.2) is 0 Å². The molecule has 27 heavy (non-hydrogen) atoms. The topological polar surface area (TPSA) is 59.3 Å².